The molecule has 1 aromatic heterocycles. The molecule has 0 aliphatic rings. The van der Waals surface area contributed by atoms with Crippen molar-refractivity contribution < 1.29 is 4.74 Å². The normalized spacial score (nSPS) is 9.50. The lowest BCUT2D eigenvalue weighted by atomic mass is 10.2. The van der Waals surface area contributed by atoms with Crippen LogP contribution in [0, 0.1) is 13.8 Å². The quantitative estimate of drug-likeness (QED) is 0.587. The summed E-state index contributed by atoms with van der Waals surface area (Å²) in [5, 5.41) is 0. The van der Waals surface area contributed by atoms with Crippen molar-refractivity contribution in [1.29, 1.82) is 0 Å². The van der Waals surface area contributed by atoms with E-state index in [1.807, 2.05) is 20.0 Å². The lowest BCUT2D eigenvalue weighted by molar-refractivity contribution is 0.409. The molecule has 0 saturated carbocycles. The molecule has 0 unspecified atom stereocenters. The molecule has 0 spiro atoms. The van der Waals surface area contributed by atoms with Crippen molar-refractivity contribution in [3.63, 3.8) is 0 Å². The number of hydrogen-bond donors (Lipinski definition) is 0. The van der Waals surface area contributed by atoms with E-state index in [0.29, 0.717) is 0 Å². The summed E-state index contributed by atoms with van der Waals surface area (Å²) in [5.74, 6) is 0.861. The van der Waals surface area contributed by atoms with Gasteiger partial charge in [0, 0.05) is 6.20 Å². The van der Waals surface area contributed by atoms with E-state index in [1.165, 1.54) is 5.56 Å². The molecular weight excluding hydrogens is 126 g/mol. The van der Waals surface area contributed by atoms with Crippen molar-refractivity contribution in [2.75, 3.05) is 7.11 Å². The molecule has 1 heterocycles. The van der Waals surface area contributed by atoms with Gasteiger partial charge in [-0.2, -0.15) is 0 Å². The Balaban J connectivity index is 3.14. The largest absolute Gasteiger partial charge is 0.495 e. The number of aromatic nitrogens is 1. The molecule has 0 aliphatic carbocycles. The molecule has 0 aliphatic heterocycles. The number of rotatable bonds is 1. The highest BCUT2D eigenvalue weighted by atomic mass is 16.5. The van der Waals surface area contributed by atoms with Crippen LogP contribution >= 0.6 is 0 Å². The van der Waals surface area contributed by atoms with Crippen LogP contribution in [0.1, 0.15) is 11.1 Å². The highest BCUT2D eigenvalue weighted by Gasteiger charge is 1.98. The maximum Gasteiger partial charge on any atom is 0.140 e. The van der Waals surface area contributed by atoms with Gasteiger partial charge in [0.25, 0.3) is 0 Å². The Morgan fingerprint density at radius 1 is 1.30 bits per heavy atom. The molecular formula is C8H11NO. The zero-order chi connectivity index (χ0) is 7.56. The summed E-state index contributed by atoms with van der Waals surface area (Å²) in [4.78, 5) is 3.99. The molecule has 0 amide bonds. The molecule has 0 bridgehead atoms. The first-order chi connectivity index (χ1) is 4.75. The predicted molar refractivity (Wildman–Crippen MR) is 40.3 cm³/mol. The minimum absolute atomic E-state index is 0.861. The number of ether oxygens (including phenoxy) is 1. The number of nitrogens with zero attached hydrogens (tertiary/aromatic N) is 1. The molecule has 0 aromatic carbocycles. The number of methoxy groups -OCH3 is 1. The third-order valence-corrected chi connectivity index (χ3v) is 1.64. The molecule has 0 saturated heterocycles. The predicted octanol–water partition coefficient (Wildman–Crippen LogP) is 1.71. The third kappa shape index (κ3) is 1.10. The smallest absolute Gasteiger partial charge is 0.140 e. The van der Waals surface area contributed by atoms with Crippen LogP contribution in [-0.4, -0.2) is 12.1 Å². The molecule has 2 heteroatoms. The van der Waals surface area contributed by atoms with Gasteiger partial charge in [-0.25, -0.2) is 0 Å². The summed E-state index contributed by atoms with van der Waals surface area (Å²) in [6.07, 6.45) is 3.56. The fourth-order valence-corrected chi connectivity index (χ4v) is 0.811. The summed E-state index contributed by atoms with van der Waals surface area (Å²) < 4.78 is 5.06. The molecule has 54 valence electrons. The van der Waals surface area contributed by atoms with Gasteiger partial charge < -0.3 is 4.74 Å². The molecule has 10 heavy (non-hydrogen) atoms. The Morgan fingerprint density at radius 3 is 2.50 bits per heavy atom. The van der Waals surface area contributed by atoms with E-state index in [9.17, 15) is 0 Å². The van der Waals surface area contributed by atoms with Crippen LogP contribution in [0.5, 0.6) is 5.75 Å². The Labute approximate surface area is 60.9 Å². The van der Waals surface area contributed by atoms with Crippen molar-refractivity contribution in [3.05, 3.63) is 23.5 Å². The minimum Gasteiger partial charge on any atom is -0.495 e. The molecule has 0 fully saturated rings. The molecule has 2 nitrogen and oxygen atoms in total. The molecule has 0 N–H and O–H groups in total. The van der Waals surface area contributed by atoms with Gasteiger partial charge in [0.2, 0.25) is 0 Å². The molecule has 0 radical (unpaired) electrons. The fraction of sp³-hybridized carbons (Fsp3) is 0.375. The average Bonchev–Trinajstić information content (AvgIpc) is 1.95. The topological polar surface area (TPSA) is 22.1 Å². The highest BCUT2D eigenvalue weighted by Crippen LogP contribution is 2.17. The van der Waals surface area contributed by atoms with E-state index >= 15 is 0 Å². The summed E-state index contributed by atoms with van der Waals surface area (Å²) in [6, 6.07) is 0. The number of pyridine rings is 1. The van der Waals surface area contributed by atoms with Gasteiger partial charge >= 0.3 is 0 Å². The van der Waals surface area contributed by atoms with Crippen LogP contribution < -0.4 is 4.74 Å². The van der Waals surface area contributed by atoms with Gasteiger partial charge in [0.05, 0.1) is 13.3 Å². The van der Waals surface area contributed by atoms with E-state index in [4.69, 9.17) is 4.74 Å². The molecule has 1 aromatic rings. The van der Waals surface area contributed by atoms with Gasteiger partial charge in [-0.05, 0) is 25.0 Å². The zero-order valence-corrected chi connectivity index (χ0v) is 6.51. The Hall–Kier alpha value is -1.05. The zero-order valence-electron chi connectivity index (χ0n) is 6.51. The first-order valence-corrected chi connectivity index (χ1v) is 3.21. The average molecular weight is 137 g/mol. The van der Waals surface area contributed by atoms with E-state index in [2.05, 4.69) is 4.98 Å². The van der Waals surface area contributed by atoms with Crippen LogP contribution in [0.4, 0.5) is 0 Å². The highest BCUT2D eigenvalue weighted by molar-refractivity contribution is 5.34. The van der Waals surface area contributed by atoms with Crippen LogP contribution in [0.3, 0.4) is 0 Å². The molecule has 0 atom stereocenters. The first-order valence-electron chi connectivity index (χ1n) is 3.21. The first kappa shape index (κ1) is 7.06. The van der Waals surface area contributed by atoms with Crippen molar-refractivity contribution in [1.82, 2.24) is 4.98 Å². The van der Waals surface area contributed by atoms with E-state index < -0.39 is 0 Å². The summed E-state index contributed by atoms with van der Waals surface area (Å²) in [5.41, 5.74) is 2.33. The lowest BCUT2D eigenvalue weighted by Gasteiger charge is -2.04. The monoisotopic (exact) mass is 137 g/mol. The second-order valence-corrected chi connectivity index (χ2v) is 2.28. The number of hydrogen-bond acceptors (Lipinski definition) is 2. The van der Waals surface area contributed by atoms with Crippen LogP contribution in [0.25, 0.3) is 0 Å². The standard InChI is InChI=1S/C8H11NO/c1-6-4-9-5-8(10-3)7(6)2/h4-5H,1-3H3. The third-order valence-electron chi connectivity index (χ3n) is 1.64. The van der Waals surface area contributed by atoms with Gasteiger partial charge in [0.1, 0.15) is 5.75 Å². The van der Waals surface area contributed by atoms with E-state index in [1.54, 1.807) is 13.3 Å². The minimum atomic E-state index is 0.861. The summed E-state index contributed by atoms with van der Waals surface area (Å²) >= 11 is 0. The van der Waals surface area contributed by atoms with Crippen LogP contribution in [-0.2, 0) is 0 Å². The van der Waals surface area contributed by atoms with Gasteiger partial charge in [-0.3, -0.25) is 4.98 Å². The van der Waals surface area contributed by atoms with Crippen LogP contribution in [0.15, 0.2) is 12.4 Å². The van der Waals surface area contributed by atoms with Crippen LogP contribution in [0.2, 0.25) is 0 Å². The van der Waals surface area contributed by atoms with Gasteiger partial charge in [-0.1, -0.05) is 0 Å². The second kappa shape index (κ2) is 2.69. The fourth-order valence-electron chi connectivity index (χ4n) is 0.811. The van der Waals surface area contributed by atoms with Crippen molar-refractivity contribution in [2.45, 2.75) is 13.8 Å². The van der Waals surface area contributed by atoms with Gasteiger partial charge in [-0.15, -0.1) is 0 Å². The van der Waals surface area contributed by atoms with Crippen molar-refractivity contribution >= 4 is 0 Å². The Kier molecular flexibility index (Phi) is 1.90. The van der Waals surface area contributed by atoms with Crippen molar-refractivity contribution in [3.8, 4) is 5.75 Å². The molecule has 1 rings (SSSR count). The second-order valence-electron chi connectivity index (χ2n) is 2.28. The van der Waals surface area contributed by atoms with E-state index in [0.717, 1.165) is 11.3 Å². The number of aryl methyl sites for hydroxylation is 1. The summed E-state index contributed by atoms with van der Waals surface area (Å²) in [7, 11) is 1.66. The Morgan fingerprint density at radius 2 is 2.00 bits per heavy atom. The van der Waals surface area contributed by atoms with Gasteiger partial charge in [0.15, 0.2) is 0 Å². The Bertz CT molecular complexity index is 233. The van der Waals surface area contributed by atoms with E-state index in [-0.39, 0.29) is 0 Å². The maximum absolute atomic E-state index is 5.06. The maximum atomic E-state index is 5.06. The van der Waals surface area contributed by atoms with Crippen molar-refractivity contribution in [2.24, 2.45) is 0 Å². The lowest BCUT2D eigenvalue weighted by Crippen LogP contribution is -1.90. The SMILES string of the molecule is COc1cncc(C)c1C. The summed E-state index contributed by atoms with van der Waals surface area (Å²) in [6.45, 7) is 4.04.